The quantitative estimate of drug-likeness (QED) is 0.771. The third-order valence-corrected chi connectivity index (χ3v) is 2.74. The van der Waals surface area contributed by atoms with Gasteiger partial charge in [0.25, 0.3) is 0 Å². The van der Waals surface area contributed by atoms with Crippen molar-refractivity contribution in [3.05, 3.63) is 23.9 Å². The van der Waals surface area contributed by atoms with Gasteiger partial charge in [0, 0.05) is 19.2 Å². The van der Waals surface area contributed by atoms with Crippen LogP contribution in [0.25, 0.3) is 0 Å². The van der Waals surface area contributed by atoms with Gasteiger partial charge in [-0.05, 0) is 17.7 Å². The predicted octanol–water partition coefficient (Wildman–Crippen LogP) is 0.0114. The number of nitrogens with zero attached hydrogens (tertiary/aromatic N) is 2. The van der Waals surface area contributed by atoms with E-state index < -0.39 is 11.9 Å². The number of rotatable bonds is 3. The Hall–Kier alpha value is -1.95. The number of aliphatic hydroxyl groups is 1. The minimum Gasteiger partial charge on any atom is -0.481 e. The van der Waals surface area contributed by atoms with Gasteiger partial charge >= 0.3 is 5.97 Å². The maximum atomic E-state index is 11.6. The van der Waals surface area contributed by atoms with Gasteiger partial charge in [-0.3, -0.25) is 14.5 Å². The topological polar surface area (TPSA) is 90.7 Å². The fraction of sp³-hybridized carbons (Fsp3) is 0.364. The fourth-order valence-electron chi connectivity index (χ4n) is 1.80. The molecular weight excluding hydrogens is 224 g/mol. The van der Waals surface area contributed by atoms with Gasteiger partial charge in [0.05, 0.1) is 12.5 Å². The molecule has 6 heteroatoms. The summed E-state index contributed by atoms with van der Waals surface area (Å²) in [7, 11) is 0. The van der Waals surface area contributed by atoms with E-state index in [1.54, 1.807) is 12.1 Å². The highest BCUT2D eigenvalue weighted by molar-refractivity contribution is 5.98. The highest BCUT2D eigenvalue weighted by atomic mass is 16.4. The molecule has 0 spiro atoms. The minimum absolute atomic E-state index is 0.000363. The van der Waals surface area contributed by atoms with E-state index in [2.05, 4.69) is 4.98 Å². The van der Waals surface area contributed by atoms with Crippen LogP contribution in [0.4, 0.5) is 5.82 Å². The molecule has 17 heavy (non-hydrogen) atoms. The average Bonchev–Trinajstić information content (AvgIpc) is 2.72. The standard InChI is InChI=1S/C11H12N2O4/c14-6-7-1-2-12-9(3-7)13-5-8(11(16)17)4-10(13)15/h1-3,8,14H,4-6H2,(H,16,17). The molecular formula is C11H12N2O4. The fourth-order valence-corrected chi connectivity index (χ4v) is 1.80. The van der Waals surface area contributed by atoms with E-state index in [1.165, 1.54) is 11.1 Å². The summed E-state index contributed by atoms with van der Waals surface area (Å²) in [6, 6.07) is 3.22. The van der Waals surface area contributed by atoms with Crippen LogP contribution in [0.5, 0.6) is 0 Å². The molecule has 1 atom stereocenters. The van der Waals surface area contributed by atoms with E-state index in [4.69, 9.17) is 10.2 Å². The minimum atomic E-state index is -0.973. The number of carbonyl (C=O) groups is 2. The molecule has 1 aliphatic heterocycles. The Morgan fingerprint density at radius 1 is 1.59 bits per heavy atom. The van der Waals surface area contributed by atoms with E-state index >= 15 is 0 Å². The molecule has 1 amide bonds. The van der Waals surface area contributed by atoms with E-state index in [0.29, 0.717) is 11.4 Å². The number of carboxylic acid groups (broad SMARTS) is 1. The van der Waals surface area contributed by atoms with Crippen LogP contribution < -0.4 is 4.90 Å². The second-order valence-electron chi connectivity index (χ2n) is 3.92. The molecule has 90 valence electrons. The lowest BCUT2D eigenvalue weighted by atomic mass is 10.1. The number of hydrogen-bond acceptors (Lipinski definition) is 4. The van der Waals surface area contributed by atoms with E-state index in [9.17, 15) is 9.59 Å². The van der Waals surface area contributed by atoms with E-state index in [0.717, 1.165) is 0 Å². The molecule has 0 aliphatic carbocycles. The Labute approximate surface area is 97.5 Å². The van der Waals surface area contributed by atoms with Gasteiger partial charge in [0.1, 0.15) is 5.82 Å². The molecule has 1 fully saturated rings. The Bertz CT molecular complexity index is 461. The van der Waals surface area contributed by atoms with Gasteiger partial charge in [-0.15, -0.1) is 0 Å². The number of anilines is 1. The van der Waals surface area contributed by atoms with Gasteiger partial charge in [0.15, 0.2) is 0 Å². The van der Waals surface area contributed by atoms with Gasteiger partial charge in [-0.25, -0.2) is 4.98 Å². The van der Waals surface area contributed by atoms with Crippen molar-refractivity contribution in [2.45, 2.75) is 13.0 Å². The zero-order chi connectivity index (χ0) is 12.4. The molecule has 6 nitrogen and oxygen atoms in total. The van der Waals surface area contributed by atoms with Crippen LogP contribution in [0.1, 0.15) is 12.0 Å². The van der Waals surface area contributed by atoms with Gasteiger partial charge in [-0.2, -0.15) is 0 Å². The number of carbonyl (C=O) groups excluding carboxylic acids is 1. The SMILES string of the molecule is O=C(O)C1CC(=O)N(c2cc(CO)ccn2)C1. The highest BCUT2D eigenvalue weighted by Gasteiger charge is 2.35. The second kappa shape index (κ2) is 4.50. The smallest absolute Gasteiger partial charge is 0.308 e. The summed E-state index contributed by atoms with van der Waals surface area (Å²) in [5.74, 6) is -1.51. The summed E-state index contributed by atoms with van der Waals surface area (Å²) in [6.45, 7) is -0.00401. The Kier molecular flexibility index (Phi) is 3.06. The zero-order valence-corrected chi connectivity index (χ0v) is 9.04. The van der Waals surface area contributed by atoms with Crippen LogP contribution in [0, 0.1) is 5.92 Å². The first-order chi connectivity index (χ1) is 8.11. The number of aliphatic hydroxyl groups excluding tert-OH is 1. The average molecular weight is 236 g/mol. The monoisotopic (exact) mass is 236 g/mol. The van der Waals surface area contributed by atoms with Crippen LogP contribution in [0.2, 0.25) is 0 Å². The number of amides is 1. The summed E-state index contributed by atoms with van der Waals surface area (Å²) < 4.78 is 0. The number of aliphatic carboxylic acids is 1. The van der Waals surface area contributed by atoms with Crippen molar-refractivity contribution in [1.82, 2.24) is 4.98 Å². The van der Waals surface area contributed by atoms with Crippen molar-refractivity contribution in [3.63, 3.8) is 0 Å². The highest BCUT2D eigenvalue weighted by Crippen LogP contribution is 2.24. The van der Waals surface area contributed by atoms with Gasteiger partial charge in [0.2, 0.25) is 5.91 Å². The van der Waals surface area contributed by atoms with Crippen LogP contribution in [0.3, 0.4) is 0 Å². The third-order valence-electron chi connectivity index (χ3n) is 2.74. The Morgan fingerprint density at radius 2 is 2.35 bits per heavy atom. The first kappa shape index (κ1) is 11.5. The lowest BCUT2D eigenvalue weighted by molar-refractivity contribution is -0.141. The van der Waals surface area contributed by atoms with Crippen LogP contribution in [0.15, 0.2) is 18.3 Å². The first-order valence-corrected chi connectivity index (χ1v) is 5.20. The summed E-state index contributed by atoms with van der Waals surface area (Å²) in [4.78, 5) is 27.8. The Balaban J connectivity index is 2.22. The van der Waals surface area contributed by atoms with Gasteiger partial charge < -0.3 is 10.2 Å². The molecule has 2 heterocycles. The second-order valence-corrected chi connectivity index (χ2v) is 3.92. The number of pyridine rings is 1. The molecule has 0 bridgehead atoms. The Morgan fingerprint density at radius 3 is 2.94 bits per heavy atom. The molecule has 1 aromatic rings. The van der Waals surface area contributed by atoms with Crippen molar-refractivity contribution < 1.29 is 19.8 Å². The molecule has 2 N–H and O–H groups in total. The maximum absolute atomic E-state index is 11.6. The lowest BCUT2D eigenvalue weighted by Gasteiger charge is -2.15. The normalized spacial score (nSPS) is 19.7. The molecule has 0 aromatic carbocycles. The molecule has 1 unspecified atom stereocenters. The summed E-state index contributed by atoms with van der Waals surface area (Å²) >= 11 is 0. The van der Waals surface area contributed by atoms with Crippen molar-refractivity contribution in [2.75, 3.05) is 11.4 Å². The number of carboxylic acids is 1. The summed E-state index contributed by atoms with van der Waals surface area (Å²) in [5.41, 5.74) is 0.640. The molecule has 0 radical (unpaired) electrons. The zero-order valence-electron chi connectivity index (χ0n) is 9.04. The first-order valence-electron chi connectivity index (χ1n) is 5.20. The van der Waals surface area contributed by atoms with Gasteiger partial charge in [-0.1, -0.05) is 0 Å². The lowest BCUT2D eigenvalue weighted by Crippen LogP contribution is -2.26. The van der Waals surface area contributed by atoms with Crippen LogP contribution in [-0.2, 0) is 16.2 Å². The third kappa shape index (κ3) is 2.26. The molecule has 1 aromatic heterocycles. The van der Waals surface area contributed by atoms with Crippen molar-refractivity contribution in [1.29, 1.82) is 0 Å². The van der Waals surface area contributed by atoms with E-state index in [1.807, 2.05) is 0 Å². The van der Waals surface area contributed by atoms with E-state index in [-0.39, 0.29) is 25.5 Å². The number of aromatic nitrogens is 1. The van der Waals surface area contributed by atoms with Crippen LogP contribution >= 0.6 is 0 Å². The van der Waals surface area contributed by atoms with Crippen LogP contribution in [-0.4, -0.2) is 33.6 Å². The largest absolute Gasteiger partial charge is 0.481 e. The molecule has 2 rings (SSSR count). The maximum Gasteiger partial charge on any atom is 0.308 e. The predicted molar refractivity (Wildman–Crippen MR) is 58.3 cm³/mol. The summed E-state index contributed by atoms with van der Waals surface area (Å²) in [6.07, 6.45) is 1.49. The molecule has 1 saturated heterocycles. The number of hydrogen-bond donors (Lipinski definition) is 2. The molecule has 0 saturated carbocycles. The summed E-state index contributed by atoms with van der Waals surface area (Å²) in [5, 5.41) is 17.8. The molecule has 1 aliphatic rings. The van der Waals surface area contributed by atoms with Crippen molar-refractivity contribution in [2.24, 2.45) is 5.92 Å². The van der Waals surface area contributed by atoms with Crippen molar-refractivity contribution >= 4 is 17.7 Å². The van der Waals surface area contributed by atoms with Crippen molar-refractivity contribution in [3.8, 4) is 0 Å².